The van der Waals surface area contributed by atoms with Gasteiger partial charge in [-0.05, 0) is 116 Å². The molecule has 0 N–H and O–H groups in total. The summed E-state index contributed by atoms with van der Waals surface area (Å²) in [5, 5.41) is 0.875. The lowest BCUT2D eigenvalue weighted by Crippen LogP contribution is -2.39. The second-order valence-corrected chi connectivity index (χ2v) is 15.6. The standard InChI is InChI=1S/C43H42Cl2N4O4/c44-32-16-18-38(36(21-32)42(52)31-15-14-28-8-3-1-5-10-30(28)20-31)47-24-40(50)48(27-47)25-46-23-41(51)49(26-46)39-19-17-33(45)22-37(39)43(53)35-13-7-11-29-9-4-2-6-12-34(29)35/h7,11,13-22H,1-6,8-10,12,23-27H2. The zero-order chi connectivity index (χ0) is 36.6. The normalized spacial score (nSPS) is 17.8. The minimum Gasteiger partial charge on any atom is -0.344 e. The Morgan fingerprint density at radius 1 is 0.585 bits per heavy atom. The first-order chi connectivity index (χ1) is 25.7. The van der Waals surface area contributed by atoms with E-state index in [4.69, 9.17) is 23.2 Å². The summed E-state index contributed by atoms with van der Waals surface area (Å²) >= 11 is 12.9. The van der Waals surface area contributed by atoms with Gasteiger partial charge in [0, 0.05) is 38.0 Å². The Morgan fingerprint density at radius 3 is 2.04 bits per heavy atom. The molecule has 0 bridgehead atoms. The molecule has 2 aliphatic carbocycles. The van der Waals surface area contributed by atoms with Crippen molar-refractivity contribution in [2.45, 2.75) is 64.2 Å². The van der Waals surface area contributed by atoms with Gasteiger partial charge >= 0.3 is 0 Å². The molecule has 0 saturated carbocycles. The number of nitrogens with zero attached hydrogens (tertiary/aromatic N) is 4. The molecule has 8 nitrogen and oxygen atoms in total. The second kappa shape index (κ2) is 15.1. The number of amides is 2. The van der Waals surface area contributed by atoms with Crippen LogP contribution in [0.25, 0.3) is 0 Å². The molecule has 4 aromatic rings. The number of rotatable bonds is 8. The van der Waals surface area contributed by atoms with Crippen LogP contribution in [0.5, 0.6) is 0 Å². The smallest absolute Gasteiger partial charge is 0.244 e. The molecule has 0 spiro atoms. The van der Waals surface area contributed by atoms with E-state index in [-0.39, 0.29) is 56.5 Å². The van der Waals surface area contributed by atoms with Crippen molar-refractivity contribution >= 4 is 58.0 Å². The number of ketones is 2. The summed E-state index contributed by atoms with van der Waals surface area (Å²) in [4.78, 5) is 62.3. The Morgan fingerprint density at radius 2 is 1.26 bits per heavy atom. The molecule has 2 fully saturated rings. The molecule has 0 atom stereocenters. The van der Waals surface area contributed by atoms with Crippen LogP contribution in [0, 0.1) is 0 Å². The summed E-state index contributed by atoms with van der Waals surface area (Å²) in [5.41, 5.74) is 8.15. The Kier molecular flexibility index (Phi) is 10.1. The number of hydrogen-bond acceptors (Lipinski definition) is 6. The van der Waals surface area contributed by atoms with Gasteiger partial charge in [0.05, 0.1) is 38.8 Å². The first kappa shape index (κ1) is 35.5. The molecular formula is C43H42Cl2N4O4. The molecule has 0 unspecified atom stereocenters. The van der Waals surface area contributed by atoms with Crippen molar-refractivity contribution in [2.75, 3.05) is 42.9 Å². The number of fused-ring (bicyclic) bond motifs is 2. The van der Waals surface area contributed by atoms with Crippen molar-refractivity contribution in [1.29, 1.82) is 0 Å². The molecular weight excluding hydrogens is 707 g/mol. The van der Waals surface area contributed by atoms with Crippen molar-refractivity contribution in [2.24, 2.45) is 0 Å². The number of hydrogen-bond donors (Lipinski definition) is 0. The van der Waals surface area contributed by atoms with Gasteiger partial charge in [0.1, 0.15) is 0 Å². The lowest BCUT2D eigenvalue weighted by atomic mass is 9.91. The molecule has 2 aliphatic heterocycles. The number of carbonyl (C=O) groups is 4. The zero-order valence-electron chi connectivity index (χ0n) is 29.7. The molecule has 0 radical (unpaired) electrons. The molecule has 8 rings (SSSR count). The van der Waals surface area contributed by atoms with Gasteiger partial charge in [-0.2, -0.15) is 0 Å². The van der Waals surface area contributed by atoms with Crippen LogP contribution >= 0.6 is 23.2 Å². The van der Waals surface area contributed by atoms with E-state index in [1.54, 1.807) is 40.1 Å². The molecule has 2 heterocycles. The van der Waals surface area contributed by atoms with Crippen molar-refractivity contribution in [3.8, 4) is 0 Å². The first-order valence-corrected chi connectivity index (χ1v) is 19.5. The van der Waals surface area contributed by atoms with Crippen LogP contribution in [0.15, 0.2) is 72.8 Å². The van der Waals surface area contributed by atoms with Gasteiger partial charge in [-0.15, -0.1) is 0 Å². The highest BCUT2D eigenvalue weighted by Gasteiger charge is 2.36. The summed E-state index contributed by atoms with van der Waals surface area (Å²) < 4.78 is 0. The minimum absolute atomic E-state index is 0.0871. The molecule has 272 valence electrons. The van der Waals surface area contributed by atoms with E-state index in [0.717, 1.165) is 56.9 Å². The van der Waals surface area contributed by atoms with Crippen molar-refractivity contribution in [3.63, 3.8) is 0 Å². The van der Waals surface area contributed by atoms with E-state index in [2.05, 4.69) is 12.1 Å². The Hall–Kier alpha value is -4.50. The average molecular weight is 750 g/mol. The number of halogens is 2. The van der Waals surface area contributed by atoms with E-state index in [1.165, 1.54) is 29.5 Å². The van der Waals surface area contributed by atoms with Crippen molar-refractivity contribution < 1.29 is 19.2 Å². The third-order valence-corrected chi connectivity index (χ3v) is 11.7. The van der Waals surface area contributed by atoms with Gasteiger partial charge in [-0.1, -0.05) is 66.4 Å². The fourth-order valence-corrected chi connectivity index (χ4v) is 8.79. The predicted molar refractivity (Wildman–Crippen MR) is 208 cm³/mol. The Labute approximate surface area is 320 Å². The number of anilines is 2. The number of carbonyl (C=O) groups excluding carboxylic acids is 4. The topological polar surface area (TPSA) is 81.2 Å². The summed E-state index contributed by atoms with van der Waals surface area (Å²) in [6.07, 6.45) is 10.6. The zero-order valence-corrected chi connectivity index (χ0v) is 31.2. The molecule has 4 aliphatic rings. The Bertz CT molecular complexity index is 2130. The van der Waals surface area contributed by atoms with Crippen LogP contribution in [0.1, 0.15) is 92.6 Å². The Balaban J connectivity index is 0.994. The number of aryl methyl sites for hydroxylation is 3. The van der Waals surface area contributed by atoms with Gasteiger partial charge < -0.3 is 9.80 Å². The maximum Gasteiger partial charge on any atom is 0.244 e. The quantitative estimate of drug-likeness (QED) is 0.135. The average Bonchev–Trinajstić information content (AvgIpc) is 3.47. The molecule has 2 amide bonds. The van der Waals surface area contributed by atoms with Crippen LogP contribution in [0.3, 0.4) is 0 Å². The van der Waals surface area contributed by atoms with Gasteiger partial charge in [-0.3, -0.25) is 29.0 Å². The van der Waals surface area contributed by atoms with E-state index in [1.807, 2.05) is 40.1 Å². The minimum atomic E-state index is -0.164. The lowest BCUT2D eigenvalue weighted by Gasteiger charge is -2.26. The highest BCUT2D eigenvalue weighted by molar-refractivity contribution is 6.32. The van der Waals surface area contributed by atoms with Crippen molar-refractivity contribution in [3.05, 3.63) is 127 Å². The third kappa shape index (κ3) is 7.25. The van der Waals surface area contributed by atoms with Crippen LogP contribution in [0.2, 0.25) is 10.0 Å². The fraction of sp³-hybridized carbons (Fsp3) is 0.349. The van der Waals surface area contributed by atoms with E-state index < -0.39 is 0 Å². The molecule has 10 heteroatoms. The molecule has 53 heavy (non-hydrogen) atoms. The highest BCUT2D eigenvalue weighted by Crippen LogP contribution is 2.34. The van der Waals surface area contributed by atoms with Crippen LogP contribution < -0.4 is 9.80 Å². The summed E-state index contributed by atoms with van der Waals surface area (Å²) in [7, 11) is 0. The number of benzene rings is 4. The second-order valence-electron chi connectivity index (χ2n) is 14.7. The largest absolute Gasteiger partial charge is 0.344 e. The SMILES string of the molecule is O=C(c1ccc2c(c1)CCCCC2)c1cc(Cl)ccc1N1CC(=O)N(CN2CC(=O)N(c3ccc(Cl)cc3C(=O)c3cccc4c3CCCCC4)C2)C1. The fourth-order valence-electron chi connectivity index (χ4n) is 8.45. The monoisotopic (exact) mass is 748 g/mol. The van der Waals surface area contributed by atoms with Crippen LogP contribution in [-0.2, 0) is 35.3 Å². The molecule has 2 saturated heterocycles. The van der Waals surface area contributed by atoms with E-state index in [9.17, 15) is 19.2 Å². The van der Waals surface area contributed by atoms with Crippen LogP contribution in [-0.4, -0.2) is 66.3 Å². The molecule has 4 aromatic carbocycles. The van der Waals surface area contributed by atoms with Crippen molar-refractivity contribution in [1.82, 2.24) is 9.80 Å². The van der Waals surface area contributed by atoms with Gasteiger partial charge in [0.25, 0.3) is 0 Å². The van der Waals surface area contributed by atoms with E-state index in [0.29, 0.717) is 43.7 Å². The summed E-state index contributed by atoms with van der Waals surface area (Å²) in [6, 6.07) is 22.3. The van der Waals surface area contributed by atoms with Gasteiger partial charge in [-0.25, -0.2) is 0 Å². The molecule has 0 aromatic heterocycles. The summed E-state index contributed by atoms with van der Waals surface area (Å²) in [5.74, 6) is -0.539. The van der Waals surface area contributed by atoms with Crippen LogP contribution in [0.4, 0.5) is 11.4 Å². The third-order valence-electron chi connectivity index (χ3n) is 11.2. The van der Waals surface area contributed by atoms with E-state index >= 15 is 0 Å². The van der Waals surface area contributed by atoms with Gasteiger partial charge in [0.2, 0.25) is 11.8 Å². The maximum absolute atomic E-state index is 14.2. The lowest BCUT2D eigenvalue weighted by molar-refractivity contribution is -0.128. The van der Waals surface area contributed by atoms with Gasteiger partial charge in [0.15, 0.2) is 11.6 Å². The predicted octanol–water partition coefficient (Wildman–Crippen LogP) is 7.86. The maximum atomic E-state index is 14.2. The summed E-state index contributed by atoms with van der Waals surface area (Å²) in [6.45, 7) is 0.848. The first-order valence-electron chi connectivity index (χ1n) is 18.7. The highest BCUT2D eigenvalue weighted by atomic mass is 35.5.